The van der Waals surface area contributed by atoms with Gasteiger partial charge < -0.3 is 15.2 Å². The molecule has 1 saturated heterocycles. The number of hydrogen-bond donors (Lipinski definition) is 2. The van der Waals surface area contributed by atoms with Crippen molar-refractivity contribution in [1.29, 1.82) is 0 Å². The van der Waals surface area contributed by atoms with Gasteiger partial charge in [-0.1, -0.05) is 6.92 Å². The quantitative estimate of drug-likeness (QED) is 0.785. The number of nitrogens with one attached hydrogen (secondary N) is 2. The highest BCUT2D eigenvalue weighted by molar-refractivity contribution is 5.25. The average Bonchev–Trinajstić information content (AvgIpc) is 2.62. The number of nitrogens with zero attached hydrogens (tertiary/aromatic N) is 2. The Balaban J connectivity index is 1.89. The Morgan fingerprint density at radius 2 is 2.53 bits per heavy atom. The van der Waals surface area contributed by atoms with E-state index in [0.29, 0.717) is 5.41 Å². The summed E-state index contributed by atoms with van der Waals surface area (Å²) in [5.41, 5.74) is 0.365. The largest absolute Gasteiger partial charge is 0.355 e. The molecule has 4 heteroatoms. The monoisotopic (exact) mass is 208 g/mol. The zero-order valence-electron chi connectivity index (χ0n) is 9.58. The van der Waals surface area contributed by atoms with Crippen LogP contribution in [0.4, 0.5) is 5.95 Å². The van der Waals surface area contributed by atoms with Crippen LogP contribution in [0.15, 0.2) is 12.4 Å². The molecule has 2 heterocycles. The van der Waals surface area contributed by atoms with Gasteiger partial charge in [-0.25, -0.2) is 4.98 Å². The minimum absolute atomic E-state index is 0.365. The van der Waals surface area contributed by atoms with Crippen LogP contribution in [0.5, 0.6) is 0 Å². The number of aryl methyl sites for hydroxylation is 1. The predicted molar refractivity (Wildman–Crippen MR) is 61.9 cm³/mol. The number of hydrogen-bond acceptors (Lipinski definition) is 3. The van der Waals surface area contributed by atoms with Crippen molar-refractivity contribution in [2.45, 2.75) is 19.8 Å². The van der Waals surface area contributed by atoms with Gasteiger partial charge in [0.15, 0.2) is 0 Å². The molecule has 84 valence electrons. The lowest BCUT2D eigenvalue weighted by Crippen LogP contribution is -2.42. The topological polar surface area (TPSA) is 41.9 Å². The number of imidazole rings is 1. The SMILES string of the molecule is Cn1ccnc1NCC1(C)CCCNC1. The van der Waals surface area contributed by atoms with E-state index in [-0.39, 0.29) is 0 Å². The van der Waals surface area contributed by atoms with Gasteiger partial charge in [0.05, 0.1) is 0 Å². The van der Waals surface area contributed by atoms with Crippen molar-refractivity contribution in [2.24, 2.45) is 12.5 Å². The molecule has 0 amide bonds. The summed E-state index contributed by atoms with van der Waals surface area (Å²) in [6, 6.07) is 0. The van der Waals surface area contributed by atoms with Gasteiger partial charge in [-0.15, -0.1) is 0 Å². The van der Waals surface area contributed by atoms with Crippen LogP contribution >= 0.6 is 0 Å². The second-order valence-corrected chi connectivity index (χ2v) is 4.81. The molecule has 1 atom stereocenters. The van der Waals surface area contributed by atoms with Crippen LogP contribution in [0.3, 0.4) is 0 Å². The lowest BCUT2D eigenvalue weighted by atomic mass is 9.83. The molecular weight excluding hydrogens is 188 g/mol. The van der Waals surface area contributed by atoms with E-state index in [9.17, 15) is 0 Å². The molecule has 1 aromatic rings. The number of piperidine rings is 1. The maximum absolute atomic E-state index is 4.26. The fourth-order valence-electron chi connectivity index (χ4n) is 2.10. The van der Waals surface area contributed by atoms with Gasteiger partial charge in [0.2, 0.25) is 5.95 Å². The lowest BCUT2D eigenvalue weighted by molar-refractivity contribution is 0.253. The van der Waals surface area contributed by atoms with Crippen molar-refractivity contribution in [2.75, 3.05) is 25.0 Å². The molecule has 0 saturated carbocycles. The summed E-state index contributed by atoms with van der Waals surface area (Å²) in [6.07, 6.45) is 6.35. The number of aromatic nitrogens is 2. The van der Waals surface area contributed by atoms with Crippen LogP contribution in [-0.4, -0.2) is 29.2 Å². The molecule has 1 aliphatic heterocycles. The summed E-state index contributed by atoms with van der Waals surface area (Å²) in [4.78, 5) is 4.26. The second-order valence-electron chi connectivity index (χ2n) is 4.81. The number of anilines is 1. The van der Waals surface area contributed by atoms with E-state index in [0.717, 1.165) is 25.6 Å². The highest BCUT2D eigenvalue weighted by atomic mass is 15.2. The zero-order chi connectivity index (χ0) is 10.7. The Morgan fingerprint density at radius 3 is 3.13 bits per heavy atom. The van der Waals surface area contributed by atoms with Crippen LogP contribution in [-0.2, 0) is 7.05 Å². The molecular formula is C11H20N4. The fourth-order valence-corrected chi connectivity index (χ4v) is 2.10. The van der Waals surface area contributed by atoms with Crippen LogP contribution < -0.4 is 10.6 Å². The summed E-state index contributed by atoms with van der Waals surface area (Å²) >= 11 is 0. The number of rotatable bonds is 3. The third-order valence-electron chi connectivity index (χ3n) is 3.18. The predicted octanol–water partition coefficient (Wildman–Crippen LogP) is 1.22. The molecule has 0 aromatic carbocycles. The van der Waals surface area contributed by atoms with Gasteiger partial charge in [-0.05, 0) is 24.8 Å². The smallest absolute Gasteiger partial charge is 0.202 e. The third kappa shape index (κ3) is 2.50. The fraction of sp³-hybridized carbons (Fsp3) is 0.727. The minimum Gasteiger partial charge on any atom is -0.355 e. The maximum atomic E-state index is 4.26. The van der Waals surface area contributed by atoms with Gasteiger partial charge in [0.1, 0.15) is 0 Å². The second kappa shape index (κ2) is 4.23. The molecule has 15 heavy (non-hydrogen) atoms. The first kappa shape index (κ1) is 10.5. The van der Waals surface area contributed by atoms with Gasteiger partial charge in [-0.2, -0.15) is 0 Å². The van der Waals surface area contributed by atoms with E-state index in [2.05, 4.69) is 22.5 Å². The van der Waals surface area contributed by atoms with E-state index in [1.54, 1.807) is 0 Å². The van der Waals surface area contributed by atoms with Crippen LogP contribution in [0.2, 0.25) is 0 Å². The molecule has 0 bridgehead atoms. The molecule has 4 nitrogen and oxygen atoms in total. The van der Waals surface area contributed by atoms with Gasteiger partial charge >= 0.3 is 0 Å². The maximum Gasteiger partial charge on any atom is 0.202 e. The van der Waals surface area contributed by atoms with E-state index in [1.807, 2.05) is 24.0 Å². The van der Waals surface area contributed by atoms with Crippen molar-refractivity contribution in [3.05, 3.63) is 12.4 Å². The standard InChI is InChI=1S/C11H20N4/c1-11(4-3-5-12-8-11)9-14-10-13-6-7-15(10)2/h6-7,12H,3-5,8-9H2,1-2H3,(H,13,14). The van der Waals surface area contributed by atoms with Crippen molar-refractivity contribution in [3.8, 4) is 0 Å². The van der Waals surface area contributed by atoms with E-state index < -0.39 is 0 Å². The molecule has 2 N–H and O–H groups in total. The molecule has 0 aliphatic carbocycles. The molecule has 0 radical (unpaired) electrons. The normalized spacial score (nSPS) is 26.5. The summed E-state index contributed by atoms with van der Waals surface area (Å²) in [6.45, 7) is 5.59. The van der Waals surface area contributed by atoms with Crippen LogP contribution in [0.1, 0.15) is 19.8 Å². The Morgan fingerprint density at radius 1 is 1.67 bits per heavy atom. The molecule has 1 unspecified atom stereocenters. The van der Waals surface area contributed by atoms with Crippen molar-refractivity contribution in [1.82, 2.24) is 14.9 Å². The zero-order valence-corrected chi connectivity index (χ0v) is 9.58. The van der Waals surface area contributed by atoms with E-state index in [1.165, 1.54) is 12.8 Å². The molecule has 1 fully saturated rings. The summed E-state index contributed by atoms with van der Waals surface area (Å²) in [7, 11) is 2.01. The Hall–Kier alpha value is -1.03. The van der Waals surface area contributed by atoms with Crippen molar-refractivity contribution < 1.29 is 0 Å². The molecule has 1 aliphatic rings. The summed E-state index contributed by atoms with van der Waals surface area (Å²) in [5.74, 6) is 0.960. The third-order valence-corrected chi connectivity index (χ3v) is 3.18. The Kier molecular flexibility index (Phi) is 2.95. The van der Waals surface area contributed by atoms with Crippen LogP contribution in [0, 0.1) is 5.41 Å². The first-order valence-corrected chi connectivity index (χ1v) is 5.62. The highest BCUT2D eigenvalue weighted by Crippen LogP contribution is 2.25. The van der Waals surface area contributed by atoms with Crippen LogP contribution in [0.25, 0.3) is 0 Å². The first-order valence-electron chi connectivity index (χ1n) is 5.62. The van der Waals surface area contributed by atoms with Crippen molar-refractivity contribution in [3.63, 3.8) is 0 Å². The summed E-state index contributed by atoms with van der Waals surface area (Å²) < 4.78 is 2.01. The molecule has 1 aromatic heterocycles. The first-order chi connectivity index (χ1) is 7.20. The molecule has 0 spiro atoms. The Labute approximate surface area is 91.1 Å². The highest BCUT2D eigenvalue weighted by Gasteiger charge is 2.26. The lowest BCUT2D eigenvalue weighted by Gasteiger charge is -2.34. The summed E-state index contributed by atoms with van der Waals surface area (Å²) in [5, 5.41) is 6.87. The van der Waals surface area contributed by atoms with Gasteiger partial charge in [0, 0.05) is 32.5 Å². The molecule has 2 rings (SSSR count). The van der Waals surface area contributed by atoms with E-state index in [4.69, 9.17) is 0 Å². The van der Waals surface area contributed by atoms with Gasteiger partial charge in [0.25, 0.3) is 0 Å². The van der Waals surface area contributed by atoms with Crippen molar-refractivity contribution >= 4 is 5.95 Å². The minimum atomic E-state index is 0.365. The van der Waals surface area contributed by atoms with E-state index >= 15 is 0 Å². The Bertz CT molecular complexity index is 312. The average molecular weight is 208 g/mol. The van der Waals surface area contributed by atoms with Gasteiger partial charge in [-0.3, -0.25) is 0 Å².